The summed E-state index contributed by atoms with van der Waals surface area (Å²) in [6, 6.07) is 6.80. The molecule has 0 spiro atoms. The lowest BCUT2D eigenvalue weighted by atomic mass is 9.99. The van der Waals surface area contributed by atoms with Gasteiger partial charge in [-0.05, 0) is 37.0 Å². The Balaban J connectivity index is 2.61. The average molecular weight is 358 g/mol. The van der Waals surface area contributed by atoms with Crippen LogP contribution in [0.15, 0.2) is 24.3 Å². The van der Waals surface area contributed by atoms with Crippen LogP contribution in [0.1, 0.15) is 38.7 Å². The van der Waals surface area contributed by atoms with Gasteiger partial charge in [-0.25, -0.2) is 0 Å². The third-order valence-electron chi connectivity index (χ3n) is 3.65. The molecule has 0 aromatic heterocycles. The van der Waals surface area contributed by atoms with Crippen LogP contribution in [0, 0.1) is 5.92 Å². The fraction of sp³-hybridized carbons (Fsp3) is 0.625. The molecule has 2 nitrogen and oxygen atoms in total. The highest BCUT2D eigenvalue weighted by atomic mass is 19.4. The first kappa shape index (κ1) is 20.6. The minimum atomic E-state index is -5.42. The largest absolute Gasteiger partial charge is 0.465 e. The number of hydrogen-bond acceptors (Lipinski definition) is 2. The van der Waals surface area contributed by atoms with Crippen molar-refractivity contribution in [3.63, 3.8) is 0 Å². The fourth-order valence-electron chi connectivity index (χ4n) is 1.94. The second kappa shape index (κ2) is 8.09. The van der Waals surface area contributed by atoms with Gasteiger partial charge in [-0.2, -0.15) is 26.3 Å². The second-order valence-corrected chi connectivity index (χ2v) is 5.53. The van der Waals surface area contributed by atoms with E-state index in [2.05, 4.69) is 4.74 Å². The maximum absolute atomic E-state index is 12.4. The van der Waals surface area contributed by atoms with E-state index in [-0.39, 0.29) is 0 Å². The van der Waals surface area contributed by atoms with Gasteiger partial charge in [0, 0.05) is 0 Å². The standard InChI is InChI=1S/C16H20F6O2/c1-4-10(2)12-5-7-13(8-6-12)24-11(3)23-9-14(15(17,18)19)16(20,21)22/h5-8,10-11,14H,4,9H2,1-3H3. The van der Waals surface area contributed by atoms with Crippen LogP contribution < -0.4 is 4.74 Å². The Morgan fingerprint density at radius 2 is 1.42 bits per heavy atom. The van der Waals surface area contributed by atoms with Crippen LogP contribution in [0.3, 0.4) is 0 Å². The van der Waals surface area contributed by atoms with Crippen LogP contribution in [0.5, 0.6) is 5.75 Å². The summed E-state index contributed by atoms with van der Waals surface area (Å²) in [5.41, 5.74) is 1.06. The number of benzene rings is 1. The molecule has 1 aromatic rings. The van der Waals surface area contributed by atoms with Crippen molar-refractivity contribution in [3.8, 4) is 5.75 Å². The van der Waals surface area contributed by atoms with Gasteiger partial charge in [0.05, 0.1) is 6.61 Å². The summed E-state index contributed by atoms with van der Waals surface area (Å²) in [4.78, 5) is 0. The predicted molar refractivity (Wildman–Crippen MR) is 76.8 cm³/mol. The van der Waals surface area contributed by atoms with E-state index in [9.17, 15) is 26.3 Å². The van der Waals surface area contributed by atoms with E-state index >= 15 is 0 Å². The van der Waals surface area contributed by atoms with Gasteiger partial charge in [0.2, 0.25) is 0 Å². The molecule has 0 radical (unpaired) electrons. The summed E-state index contributed by atoms with van der Waals surface area (Å²) in [7, 11) is 0. The van der Waals surface area contributed by atoms with E-state index in [4.69, 9.17) is 4.74 Å². The van der Waals surface area contributed by atoms with E-state index in [1.54, 1.807) is 24.3 Å². The van der Waals surface area contributed by atoms with Gasteiger partial charge in [-0.1, -0.05) is 26.0 Å². The Bertz CT molecular complexity index is 481. The zero-order valence-corrected chi connectivity index (χ0v) is 13.5. The first-order valence-corrected chi connectivity index (χ1v) is 7.46. The van der Waals surface area contributed by atoms with Crippen molar-refractivity contribution >= 4 is 0 Å². The Morgan fingerprint density at radius 1 is 0.917 bits per heavy atom. The molecule has 0 aliphatic rings. The van der Waals surface area contributed by atoms with Crippen molar-refractivity contribution in [1.82, 2.24) is 0 Å². The number of halogens is 6. The highest BCUT2D eigenvalue weighted by Gasteiger charge is 2.56. The highest BCUT2D eigenvalue weighted by molar-refractivity contribution is 5.29. The minimum absolute atomic E-state index is 0.310. The predicted octanol–water partition coefficient (Wildman–Crippen LogP) is 5.68. The number of ether oxygens (including phenoxy) is 2. The highest BCUT2D eigenvalue weighted by Crippen LogP contribution is 2.39. The molecule has 0 saturated heterocycles. The van der Waals surface area contributed by atoms with Gasteiger partial charge in [-0.15, -0.1) is 0 Å². The lowest BCUT2D eigenvalue weighted by Gasteiger charge is -2.24. The van der Waals surface area contributed by atoms with Gasteiger partial charge in [0.15, 0.2) is 12.2 Å². The third kappa shape index (κ3) is 6.22. The van der Waals surface area contributed by atoms with Crippen molar-refractivity contribution in [1.29, 1.82) is 0 Å². The summed E-state index contributed by atoms with van der Waals surface area (Å²) in [6.07, 6.45) is -11.1. The van der Waals surface area contributed by atoms with E-state index < -0.39 is 31.2 Å². The molecule has 0 bridgehead atoms. The molecule has 1 aromatic carbocycles. The van der Waals surface area contributed by atoms with Crippen LogP contribution in [-0.4, -0.2) is 25.2 Å². The zero-order valence-electron chi connectivity index (χ0n) is 13.5. The molecule has 0 fully saturated rings. The Morgan fingerprint density at radius 3 is 1.83 bits per heavy atom. The molecule has 0 aliphatic carbocycles. The summed E-state index contributed by atoms with van der Waals surface area (Å²) >= 11 is 0. The smallest absolute Gasteiger partial charge is 0.402 e. The Hall–Kier alpha value is -1.44. The molecule has 1 rings (SSSR count). The SMILES string of the molecule is CCC(C)c1ccc(OC(C)OCC(C(F)(F)F)C(F)(F)F)cc1. The summed E-state index contributed by atoms with van der Waals surface area (Å²) in [5.74, 6) is -2.89. The van der Waals surface area contributed by atoms with E-state index in [0.717, 1.165) is 12.0 Å². The summed E-state index contributed by atoms with van der Waals surface area (Å²) in [5, 5.41) is 0. The van der Waals surface area contributed by atoms with Crippen molar-refractivity contribution in [2.24, 2.45) is 5.92 Å². The molecule has 2 unspecified atom stereocenters. The molecule has 2 atom stereocenters. The van der Waals surface area contributed by atoms with Gasteiger partial charge in [0.25, 0.3) is 0 Å². The quantitative estimate of drug-likeness (QED) is 0.461. The lowest BCUT2D eigenvalue weighted by Crippen LogP contribution is -2.41. The maximum atomic E-state index is 12.4. The molecule has 0 saturated carbocycles. The van der Waals surface area contributed by atoms with Crippen molar-refractivity contribution in [2.75, 3.05) is 6.61 Å². The van der Waals surface area contributed by atoms with E-state index in [1.165, 1.54) is 6.92 Å². The van der Waals surface area contributed by atoms with E-state index in [1.807, 2.05) is 13.8 Å². The van der Waals surface area contributed by atoms with E-state index in [0.29, 0.717) is 11.7 Å². The van der Waals surface area contributed by atoms with Gasteiger partial charge >= 0.3 is 12.4 Å². The maximum Gasteiger partial charge on any atom is 0.402 e. The van der Waals surface area contributed by atoms with Crippen molar-refractivity contribution in [3.05, 3.63) is 29.8 Å². The van der Waals surface area contributed by atoms with Crippen LogP contribution in [0.25, 0.3) is 0 Å². The molecule has 0 amide bonds. The fourth-order valence-corrected chi connectivity index (χ4v) is 1.94. The first-order chi connectivity index (χ1) is 10.9. The Labute approximate surface area is 136 Å². The number of alkyl halides is 6. The van der Waals surface area contributed by atoms with Crippen LogP contribution >= 0.6 is 0 Å². The lowest BCUT2D eigenvalue weighted by molar-refractivity contribution is -0.300. The molecular formula is C16H20F6O2. The topological polar surface area (TPSA) is 18.5 Å². The molecular weight excluding hydrogens is 338 g/mol. The van der Waals surface area contributed by atoms with Crippen molar-refractivity contribution < 1.29 is 35.8 Å². The third-order valence-corrected chi connectivity index (χ3v) is 3.65. The average Bonchev–Trinajstić information content (AvgIpc) is 2.44. The Kier molecular flexibility index (Phi) is 6.95. The second-order valence-electron chi connectivity index (χ2n) is 5.53. The summed E-state index contributed by atoms with van der Waals surface area (Å²) in [6.45, 7) is 3.77. The first-order valence-electron chi connectivity index (χ1n) is 7.46. The zero-order chi connectivity index (χ0) is 18.5. The summed E-state index contributed by atoms with van der Waals surface area (Å²) < 4.78 is 84.2. The number of rotatable bonds is 7. The van der Waals surface area contributed by atoms with Gasteiger partial charge in [-0.3, -0.25) is 0 Å². The van der Waals surface area contributed by atoms with Crippen LogP contribution in [0.4, 0.5) is 26.3 Å². The minimum Gasteiger partial charge on any atom is -0.465 e. The molecule has 24 heavy (non-hydrogen) atoms. The molecule has 0 heterocycles. The van der Waals surface area contributed by atoms with Gasteiger partial charge < -0.3 is 9.47 Å². The normalized spacial score (nSPS) is 15.4. The molecule has 138 valence electrons. The van der Waals surface area contributed by atoms with Crippen LogP contribution in [-0.2, 0) is 4.74 Å². The molecule has 0 N–H and O–H groups in total. The van der Waals surface area contributed by atoms with Crippen molar-refractivity contribution in [2.45, 2.75) is 51.8 Å². The van der Waals surface area contributed by atoms with Gasteiger partial charge in [0.1, 0.15) is 5.75 Å². The monoisotopic (exact) mass is 358 g/mol. The molecule has 8 heteroatoms. The molecule has 0 aliphatic heterocycles. The van der Waals surface area contributed by atoms with Crippen LogP contribution in [0.2, 0.25) is 0 Å². The number of hydrogen-bond donors (Lipinski definition) is 0.